The minimum absolute atomic E-state index is 0.115. The molecule has 0 saturated carbocycles. The van der Waals surface area contributed by atoms with E-state index in [1.807, 2.05) is 10.6 Å². The first-order valence-corrected chi connectivity index (χ1v) is 22.2. The van der Waals surface area contributed by atoms with Crippen LogP contribution in [0, 0.1) is 0 Å². The van der Waals surface area contributed by atoms with Crippen LogP contribution in [0.4, 0.5) is 35.1 Å². The summed E-state index contributed by atoms with van der Waals surface area (Å²) in [5.41, 5.74) is -2.13. The van der Waals surface area contributed by atoms with Crippen molar-refractivity contribution in [1.29, 1.82) is 0 Å². The number of rotatable bonds is 16. The molecule has 62 heavy (non-hydrogen) atoms. The molecule has 0 aliphatic heterocycles. The summed E-state index contributed by atoms with van der Waals surface area (Å²) in [6.07, 6.45) is -8.77. The summed E-state index contributed by atoms with van der Waals surface area (Å²) >= 11 is 0. The van der Waals surface area contributed by atoms with Gasteiger partial charge in [-0.3, -0.25) is 20.2 Å². The summed E-state index contributed by atoms with van der Waals surface area (Å²) in [6, 6.07) is 14.1. The summed E-state index contributed by atoms with van der Waals surface area (Å²) in [4.78, 5) is 23.0. The van der Waals surface area contributed by atoms with E-state index in [4.69, 9.17) is 0 Å². The first kappa shape index (κ1) is 51.4. The Labute approximate surface area is 354 Å². The number of carboxylic acids is 2. The lowest BCUT2D eigenvalue weighted by Gasteiger charge is -2.28. The Morgan fingerprint density at radius 2 is 0.710 bits per heavy atom. The fourth-order valence-electron chi connectivity index (χ4n) is 6.09. The number of carbonyl (C=O) groups is 2. The van der Waals surface area contributed by atoms with Crippen molar-refractivity contribution in [3.8, 4) is 22.3 Å². The van der Waals surface area contributed by atoms with Gasteiger partial charge in [-0.2, -0.15) is 26.3 Å². The number of alkyl halides is 8. The van der Waals surface area contributed by atoms with E-state index < -0.39 is 92.3 Å². The maximum absolute atomic E-state index is 13.9. The van der Waals surface area contributed by atoms with Crippen molar-refractivity contribution in [3.63, 3.8) is 0 Å². The summed E-state index contributed by atoms with van der Waals surface area (Å²) in [6.45, 7) is 4.38. The Morgan fingerprint density at radius 1 is 0.484 bits per heavy atom. The summed E-state index contributed by atoms with van der Waals surface area (Å²) in [5.74, 6) is -3.16. The maximum Gasteiger partial charge on any atom is 0.407 e. The fourth-order valence-corrected chi connectivity index (χ4v) is 7.35. The normalized spacial score (nSPS) is 14.8. The molecule has 20 heteroatoms. The molecule has 4 rings (SSSR count). The number of nitrogens with one attached hydrogen (secondary N) is 2. The first-order valence-electron chi connectivity index (χ1n) is 18.5. The molecule has 4 aromatic carbocycles. The fraction of sp³-hybridized carbons (Fsp3) is 0.381. The molecule has 4 atom stereocenters. The topological polar surface area (TPSA) is 167 Å². The van der Waals surface area contributed by atoms with Crippen LogP contribution in [-0.4, -0.2) is 87.3 Å². The van der Waals surface area contributed by atoms with Crippen molar-refractivity contribution in [1.82, 2.24) is 10.6 Å². The van der Waals surface area contributed by atoms with Gasteiger partial charge < -0.3 is 10.2 Å². The van der Waals surface area contributed by atoms with Crippen LogP contribution in [0.15, 0.2) is 107 Å². The summed E-state index contributed by atoms with van der Waals surface area (Å²) in [5, 5.41) is 22.5. The van der Waals surface area contributed by atoms with Crippen LogP contribution in [0.5, 0.6) is 0 Å². The third-order valence-corrected chi connectivity index (χ3v) is 11.3. The van der Waals surface area contributed by atoms with Crippen molar-refractivity contribution >= 4 is 31.6 Å². The van der Waals surface area contributed by atoms with Crippen molar-refractivity contribution in [3.05, 3.63) is 108 Å². The van der Waals surface area contributed by atoms with Gasteiger partial charge in [-0.15, -0.1) is 0 Å². The van der Waals surface area contributed by atoms with Crippen molar-refractivity contribution in [2.45, 2.75) is 98.2 Å². The second kappa shape index (κ2) is 19.6. The largest absolute Gasteiger partial charge is 0.480 e. The Hall–Kier alpha value is -4.92. The number of halogens is 8. The summed E-state index contributed by atoms with van der Waals surface area (Å²) in [7, 11) is -6.75. The van der Waals surface area contributed by atoms with Gasteiger partial charge in [-0.05, 0) is 85.3 Å². The molecule has 0 unspecified atom stereocenters. The molecule has 0 bridgehead atoms. The van der Waals surface area contributed by atoms with E-state index in [0.29, 0.717) is 22.3 Å². The number of hydrogen-bond donors (Lipinski definition) is 4. The Kier molecular flexibility index (Phi) is 16.3. The molecule has 0 radical (unpaired) electrons. The average Bonchev–Trinajstić information content (AvgIpc) is 3.13. The molecule has 0 aliphatic rings. The van der Waals surface area contributed by atoms with Gasteiger partial charge in [0.05, 0.1) is 9.79 Å². The number of sulfone groups is 2. The van der Waals surface area contributed by atoms with E-state index in [1.165, 1.54) is 97.1 Å². The van der Waals surface area contributed by atoms with Crippen LogP contribution < -0.4 is 10.6 Å². The average molecular weight is 923 g/mol. The van der Waals surface area contributed by atoms with Crippen LogP contribution in [0.1, 0.15) is 63.7 Å². The van der Waals surface area contributed by atoms with Gasteiger partial charge in [0, 0.05) is 25.4 Å². The Balaban J connectivity index is 0.000000330. The molecule has 0 heterocycles. The van der Waals surface area contributed by atoms with Crippen LogP contribution in [0.2, 0.25) is 0 Å². The zero-order valence-corrected chi connectivity index (χ0v) is 35.8. The van der Waals surface area contributed by atoms with E-state index in [9.17, 15) is 71.8 Å². The van der Waals surface area contributed by atoms with Crippen LogP contribution in [0.25, 0.3) is 22.3 Å². The second-order valence-electron chi connectivity index (χ2n) is 15.7. The lowest BCUT2D eigenvalue weighted by molar-refractivity contribution is -0.165. The molecule has 0 spiro atoms. The zero-order chi connectivity index (χ0) is 47.2. The van der Waals surface area contributed by atoms with E-state index >= 15 is 0 Å². The number of carboxylic acid groups (broad SMARTS) is 2. The van der Waals surface area contributed by atoms with Gasteiger partial charge in [0.15, 0.2) is 19.7 Å². The monoisotopic (exact) mass is 922 g/mol. The molecule has 4 aromatic rings. The standard InChI is InChI=1S/2C21H23F4NO4S/c2*1-20(2,22)12-17(19(27)28)26-18(21(23,24)25)15-6-4-13(5-7-15)14-8-10-16(11-9-14)31(3,29)30/h2*4-11,17-18,26H,12H2,1-3H3,(H,27,28)/t2*17-,18-/m10/s1. The third-order valence-electron chi connectivity index (χ3n) is 9.09. The quantitative estimate of drug-likeness (QED) is 0.0797. The SMILES string of the molecule is CC(C)(F)C[C@@H](N[C@H](c1ccc(-c2ccc(S(C)(=O)=O)cc2)cc1)C(F)(F)F)C(=O)O.CC(C)(F)C[C@H](N[C@@H](c1ccc(-c2ccc(S(C)(=O)=O)cc2)cc1)C(F)(F)F)C(=O)O. The highest BCUT2D eigenvalue weighted by atomic mass is 32.2. The predicted molar refractivity (Wildman–Crippen MR) is 216 cm³/mol. The molecule has 0 saturated heterocycles. The summed E-state index contributed by atoms with van der Waals surface area (Å²) < 4.78 is 156. The zero-order valence-electron chi connectivity index (χ0n) is 34.1. The molecule has 0 fully saturated rings. The molecule has 340 valence electrons. The van der Waals surface area contributed by atoms with Gasteiger partial charge >= 0.3 is 24.3 Å². The number of benzene rings is 4. The minimum Gasteiger partial charge on any atom is -0.480 e. The highest BCUT2D eigenvalue weighted by molar-refractivity contribution is 7.91. The van der Waals surface area contributed by atoms with Crippen LogP contribution in [0.3, 0.4) is 0 Å². The van der Waals surface area contributed by atoms with E-state index in [2.05, 4.69) is 0 Å². The molecular formula is C42H46F8N2O8S2. The van der Waals surface area contributed by atoms with Crippen molar-refractivity contribution in [2.75, 3.05) is 12.5 Å². The lowest BCUT2D eigenvalue weighted by Crippen LogP contribution is -2.47. The molecule has 0 amide bonds. The van der Waals surface area contributed by atoms with E-state index in [0.717, 1.165) is 40.2 Å². The molecular weight excluding hydrogens is 877 g/mol. The van der Waals surface area contributed by atoms with Crippen LogP contribution >= 0.6 is 0 Å². The number of hydrogen-bond acceptors (Lipinski definition) is 8. The molecule has 0 aliphatic carbocycles. The van der Waals surface area contributed by atoms with Gasteiger partial charge in [0.1, 0.15) is 35.5 Å². The third kappa shape index (κ3) is 15.8. The predicted octanol–water partition coefficient (Wildman–Crippen LogP) is 9.08. The smallest absolute Gasteiger partial charge is 0.407 e. The van der Waals surface area contributed by atoms with Crippen molar-refractivity contribution in [2.24, 2.45) is 0 Å². The lowest BCUT2D eigenvalue weighted by atomic mass is 9.97. The van der Waals surface area contributed by atoms with Gasteiger partial charge in [-0.1, -0.05) is 72.8 Å². The van der Waals surface area contributed by atoms with Crippen LogP contribution in [-0.2, 0) is 29.3 Å². The number of aliphatic carboxylic acids is 2. The second-order valence-corrected chi connectivity index (χ2v) is 19.8. The first-order chi connectivity index (χ1) is 28.2. The van der Waals surface area contributed by atoms with Crippen molar-refractivity contribution < 1.29 is 71.8 Å². The van der Waals surface area contributed by atoms with Gasteiger partial charge in [0.25, 0.3) is 0 Å². The highest BCUT2D eigenvalue weighted by Crippen LogP contribution is 2.37. The highest BCUT2D eigenvalue weighted by Gasteiger charge is 2.45. The maximum atomic E-state index is 13.9. The Morgan fingerprint density at radius 3 is 0.887 bits per heavy atom. The minimum atomic E-state index is -4.81. The Bertz CT molecular complexity index is 2190. The molecule has 10 nitrogen and oxygen atoms in total. The van der Waals surface area contributed by atoms with Gasteiger partial charge in [0.2, 0.25) is 0 Å². The van der Waals surface area contributed by atoms with Gasteiger partial charge in [-0.25, -0.2) is 25.6 Å². The van der Waals surface area contributed by atoms with E-state index in [1.54, 1.807) is 0 Å². The molecule has 0 aromatic heterocycles. The van der Waals surface area contributed by atoms with E-state index in [-0.39, 0.29) is 20.9 Å². The molecule has 4 N–H and O–H groups in total.